The van der Waals surface area contributed by atoms with E-state index >= 15 is 0 Å². The van der Waals surface area contributed by atoms with Crippen LogP contribution >= 0.6 is 0 Å². The second-order valence-electron chi connectivity index (χ2n) is 7.82. The molecule has 4 rings (SSSR count). The van der Waals surface area contributed by atoms with Crippen LogP contribution in [0, 0.1) is 0 Å². The van der Waals surface area contributed by atoms with Crippen molar-refractivity contribution in [2.75, 3.05) is 6.61 Å². The molecule has 174 valence electrons. The van der Waals surface area contributed by atoms with Crippen LogP contribution in [-0.2, 0) is 18.9 Å². The Bertz CT molecular complexity index is 1120. The van der Waals surface area contributed by atoms with Gasteiger partial charge in [0.2, 0.25) is 0 Å². The Hall–Kier alpha value is -3.97. The number of esters is 3. The summed E-state index contributed by atoms with van der Waals surface area (Å²) < 4.78 is 22.9. The fourth-order valence-electron chi connectivity index (χ4n) is 3.63. The van der Waals surface area contributed by atoms with Crippen LogP contribution < -0.4 is 0 Å². The van der Waals surface area contributed by atoms with Crippen LogP contribution in [0.3, 0.4) is 0 Å². The molecule has 3 aromatic rings. The lowest BCUT2D eigenvalue weighted by Crippen LogP contribution is -2.56. The number of rotatable bonds is 6. The Kier molecular flexibility index (Phi) is 7.34. The molecule has 7 heteroatoms. The lowest BCUT2D eigenvalue weighted by molar-refractivity contribution is -0.185. The molecule has 3 unspecified atom stereocenters. The molecule has 4 atom stereocenters. The topological polar surface area (TPSA) is 88.1 Å². The van der Waals surface area contributed by atoms with Crippen molar-refractivity contribution in [3.05, 3.63) is 108 Å². The highest BCUT2D eigenvalue weighted by molar-refractivity contribution is 5.91. The number of hydrogen-bond acceptors (Lipinski definition) is 7. The van der Waals surface area contributed by atoms with E-state index in [4.69, 9.17) is 18.9 Å². The van der Waals surface area contributed by atoms with E-state index < -0.39 is 42.3 Å². The molecule has 1 aliphatic heterocycles. The fraction of sp³-hybridized carbons (Fsp3) is 0.222. The summed E-state index contributed by atoms with van der Waals surface area (Å²) in [6, 6.07) is 25.3. The van der Waals surface area contributed by atoms with Gasteiger partial charge in [0.05, 0.1) is 29.4 Å². The lowest BCUT2D eigenvalue weighted by atomic mass is 9.99. The maximum Gasteiger partial charge on any atom is 0.338 e. The van der Waals surface area contributed by atoms with Crippen LogP contribution in [0.15, 0.2) is 91.0 Å². The van der Waals surface area contributed by atoms with E-state index in [-0.39, 0.29) is 6.61 Å². The molecule has 3 aromatic carbocycles. The molecule has 1 heterocycles. The molecule has 34 heavy (non-hydrogen) atoms. The van der Waals surface area contributed by atoms with Crippen LogP contribution in [0.4, 0.5) is 0 Å². The molecule has 0 spiro atoms. The minimum Gasteiger partial charge on any atom is -0.452 e. The first kappa shape index (κ1) is 23.2. The van der Waals surface area contributed by atoms with Crippen LogP contribution in [-0.4, -0.2) is 48.9 Å². The number of carbonyl (C=O) groups is 3. The van der Waals surface area contributed by atoms with E-state index in [0.29, 0.717) is 16.7 Å². The van der Waals surface area contributed by atoms with E-state index in [1.54, 1.807) is 97.9 Å². The Balaban J connectivity index is 1.59. The third-order valence-corrected chi connectivity index (χ3v) is 5.45. The quantitative estimate of drug-likeness (QED) is 0.405. The van der Waals surface area contributed by atoms with Crippen molar-refractivity contribution in [2.45, 2.75) is 31.3 Å². The van der Waals surface area contributed by atoms with Gasteiger partial charge in [0.15, 0.2) is 18.3 Å². The predicted molar refractivity (Wildman–Crippen MR) is 122 cm³/mol. The van der Waals surface area contributed by atoms with E-state index in [0.717, 1.165) is 0 Å². The van der Waals surface area contributed by atoms with Gasteiger partial charge in [-0.3, -0.25) is 0 Å². The fourth-order valence-corrected chi connectivity index (χ4v) is 3.63. The zero-order valence-corrected chi connectivity index (χ0v) is 18.5. The molecule has 7 nitrogen and oxygen atoms in total. The molecule has 0 radical (unpaired) electrons. The van der Waals surface area contributed by atoms with Crippen molar-refractivity contribution >= 4 is 17.9 Å². The zero-order valence-electron chi connectivity index (χ0n) is 18.5. The normalized spacial score (nSPS) is 21.8. The van der Waals surface area contributed by atoms with Crippen molar-refractivity contribution in [3.63, 3.8) is 0 Å². The van der Waals surface area contributed by atoms with Crippen molar-refractivity contribution in [1.29, 1.82) is 0 Å². The molecule has 1 saturated heterocycles. The molecular formula is C27H24O7. The minimum atomic E-state index is -1.07. The summed E-state index contributed by atoms with van der Waals surface area (Å²) in [5, 5.41) is 0. The van der Waals surface area contributed by atoms with E-state index in [1.807, 2.05) is 0 Å². The van der Waals surface area contributed by atoms with E-state index in [1.165, 1.54) is 0 Å². The van der Waals surface area contributed by atoms with E-state index in [2.05, 4.69) is 0 Å². The summed E-state index contributed by atoms with van der Waals surface area (Å²) in [5.74, 6) is -1.82. The van der Waals surface area contributed by atoms with Gasteiger partial charge in [-0.25, -0.2) is 14.4 Å². The number of carbonyl (C=O) groups excluding carboxylic acids is 3. The molecule has 1 fully saturated rings. The summed E-state index contributed by atoms with van der Waals surface area (Å²) in [6.45, 7) is 1.69. The summed E-state index contributed by atoms with van der Waals surface area (Å²) in [5.41, 5.74) is 1.00. The van der Waals surface area contributed by atoms with Crippen LogP contribution in [0.2, 0.25) is 0 Å². The predicted octanol–water partition coefficient (Wildman–Crippen LogP) is 4.08. The average molecular weight is 460 g/mol. The van der Waals surface area contributed by atoms with Crippen molar-refractivity contribution in [1.82, 2.24) is 0 Å². The Morgan fingerprint density at radius 3 is 1.44 bits per heavy atom. The molecule has 0 N–H and O–H groups in total. The first-order chi connectivity index (χ1) is 16.5. The maximum absolute atomic E-state index is 12.9. The van der Waals surface area contributed by atoms with Crippen molar-refractivity contribution in [2.24, 2.45) is 0 Å². The van der Waals surface area contributed by atoms with Crippen LogP contribution in [0.1, 0.15) is 38.0 Å². The molecule has 0 amide bonds. The lowest BCUT2D eigenvalue weighted by Gasteiger charge is -2.39. The highest BCUT2D eigenvalue weighted by Gasteiger charge is 2.46. The number of ether oxygens (including phenoxy) is 4. The van der Waals surface area contributed by atoms with Crippen LogP contribution in [0.5, 0.6) is 0 Å². The zero-order chi connectivity index (χ0) is 23.9. The molecule has 0 bridgehead atoms. The average Bonchev–Trinajstić information content (AvgIpc) is 2.89. The first-order valence-electron chi connectivity index (χ1n) is 10.9. The van der Waals surface area contributed by atoms with Gasteiger partial charge in [-0.05, 0) is 43.3 Å². The highest BCUT2D eigenvalue weighted by atomic mass is 16.6. The van der Waals surface area contributed by atoms with Crippen molar-refractivity contribution in [3.8, 4) is 0 Å². The molecule has 0 aromatic heterocycles. The SMILES string of the molecule is CC1OC[C@H](OC(=O)c2ccccc2)C(OC(=O)c2ccccc2)C1OC(=O)c1ccccc1. The maximum atomic E-state index is 12.9. The van der Waals surface area contributed by atoms with Gasteiger partial charge in [0.1, 0.15) is 0 Å². The van der Waals surface area contributed by atoms with Gasteiger partial charge in [-0.2, -0.15) is 0 Å². The third-order valence-electron chi connectivity index (χ3n) is 5.45. The smallest absolute Gasteiger partial charge is 0.338 e. The van der Waals surface area contributed by atoms with Crippen LogP contribution in [0.25, 0.3) is 0 Å². The summed E-state index contributed by atoms with van der Waals surface area (Å²) >= 11 is 0. The van der Waals surface area contributed by atoms with Gasteiger partial charge >= 0.3 is 17.9 Å². The summed E-state index contributed by atoms with van der Waals surface area (Å²) in [7, 11) is 0. The van der Waals surface area contributed by atoms with Gasteiger partial charge in [-0.1, -0.05) is 54.6 Å². The third kappa shape index (κ3) is 5.50. The number of hydrogen-bond donors (Lipinski definition) is 0. The van der Waals surface area contributed by atoms with Gasteiger partial charge in [0, 0.05) is 0 Å². The highest BCUT2D eigenvalue weighted by Crippen LogP contribution is 2.26. The second-order valence-corrected chi connectivity index (χ2v) is 7.82. The Labute approximate surface area is 197 Å². The summed E-state index contributed by atoms with van der Waals surface area (Å²) in [6.07, 6.45) is -3.66. The Morgan fingerprint density at radius 2 is 1.00 bits per heavy atom. The number of benzene rings is 3. The van der Waals surface area contributed by atoms with Gasteiger partial charge in [-0.15, -0.1) is 0 Å². The Morgan fingerprint density at radius 1 is 0.618 bits per heavy atom. The molecular weight excluding hydrogens is 436 g/mol. The summed E-state index contributed by atoms with van der Waals surface area (Å²) in [4.78, 5) is 38.4. The monoisotopic (exact) mass is 460 g/mol. The molecule has 0 aliphatic carbocycles. The van der Waals surface area contributed by atoms with Gasteiger partial charge < -0.3 is 18.9 Å². The van der Waals surface area contributed by atoms with Gasteiger partial charge in [0.25, 0.3) is 0 Å². The second kappa shape index (κ2) is 10.8. The largest absolute Gasteiger partial charge is 0.452 e. The minimum absolute atomic E-state index is 0.0220. The first-order valence-corrected chi connectivity index (χ1v) is 10.9. The van der Waals surface area contributed by atoms with Crippen molar-refractivity contribution < 1.29 is 33.3 Å². The molecule has 1 aliphatic rings. The molecule has 0 saturated carbocycles. The van der Waals surface area contributed by atoms with E-state index in [9.17, 15) is 14.4 Å². The standard InChI is InChI=1S/C27H24O7/c1-18-23(33-26(29)20-13-7-3-8-14-20)24(34-27(30)21-15-9-4-10-16-21)22(17-31-18)32-25(28)19-11-5-2-6-12-19/h2-16,18,22-24H,17H2,1H3/t18?,22-,23?,24?/m0/s1.